The summed E-state index contributed by atoms with van der Waals surface area (Å²) < 4.78 is 39.7. The van der Waals surface area contributed by atoms with Crippen LogP contribution in [0.1, 0.15) is 12.0 Å². The average Bonchev–Trinajstić information content (AvgIpc) is 2.90. The maximum Gasteiger partial charge on any atom is 0.306 e. The van der Waals surface area contributed by atoms with E-state index in [1.54, 1.807) is 0 Å². The van der Waals surface area contributed by atoms with Crippen LogP contribution in [-0.2, 0) is 10.0 Å². The first-order valence-electron chi connectivity index (χ1n) is 6.33. The van der Waals surface area contributed by atoms with Crippen molar-refractivity contribution in [1.29, 1.82) is 0 Å². The van der Waals surface area contributed by atoms with Gasteiger partial charge in [0.25, 0.3) is 0 Å². The largest absolute Gasteiger partial charge is 0.396 e. The number of nitro benzene ring substituents is 1. The summed E-state index contributed by atoms with van der Waals surface area (Å²) in [5.41, 5.74) is -0.952. The van der Waals surface area contributed by atoms with Crippen molar-refractivity contribution < 1.29 is 22.8 Å². The monoisotopic (exact) mass is 318 g/mol. The number of hydrogen-bond acceptors (Lipinski definition) is 5. The van der Waals surface area contributed by atoms with Gasteiger partial charge in [-0.1, -0.05) is 0 Å². The second kappa shape index (κ2) is 5.66. The summed E-state index contributed by atoms with van der Waals surface area (Å²) >= 11 is 0. The van der Waals surface area contributed by atoms with Crippen molar-refractivity contribution in [2.45, 2.75) is 18.2 Å². The molecule has 1 N–H and O–H groups in total. The third-order valence-electron chi connectivity index (χ3n) is 3.55. The number of aliphatic hydroxyl groups is 1. The van der Waals surface area contributed by atoms with E-state index in [4.69, 9.17) is 5.11 Å². The van der Waals surface area contributed by atoms with Crippen molar-refractivity contribution in [3.63, 3.8) is 0 Å². The molecule has 21 heavy (non-hydrogen) atoms. The number of rotatable bonds is 4. The first kappa shape index (κ1) is 15.8. The fourth-order valence-electron chi connectivity index (χ4n) is 2.31. The predicted molar refractivity (Wildman–Crippen MR) is 71.7 cm³/mol. The molecule has 1 saturated heterocycles. The maximum atomic E-state index is 13.6. The summed E-state index contributed by atoms with van der Waals surface area (Å²) in [4.78, 5) is 9.55. The smallest absolute Gasteiger partial charge is 0.306 e. The summed E-state index contributed by atoms with van der Waals surface area (Å²) in [6.45, 7) is 1.55. The molecule has 116 valence electrons. The predicted octanol–water partition coefficient (Wildman–Crippen LogP) is 1.05. The van der Waals surface area contributed by atoms with Gasteiger partial charge in [-0.05, 0) is 30.9 Å². The molecule has 1 atom stereocenters. The van der Waals surface area contributed by atoms with Gasteiger partial charge in [-0.3, -0.25) is 10.1 Å². The Bertz CT molecular complexity index is 676. The van der Waals surface area contributed by atoms with Crippen LogP contribution >= 0.6 is 0 Å². The zero-order chi connectivity index (χ0) is 15.8. The Morgan fingerprint density at radius 2 is 2.19 bits per heavy atom. The molecule has 0 amide bonds. The van der Waals surface area contributed by atoms with E-state index < -0.39 is 26.5 Å². The van der Waals surface area contributed by atoms with Crippen molar-refractivity contribution in [2.75, 3.05) is 19.7 Å². The summed E-state index contributed by atoms with van der Waals surface area (Å²) in [6.07, 6.45) is 0.526. The Balaban J connectivity index is 2.44. The van der Waals surface area contributed by atoms with Crippen LogP contribution in [0, 0.1) is 28.8 Å². The van der Waals surface area contributed by atoms with Crippen molar-refractivity contribution in [1.82, 2.24) is 4.31 Å². The van der Waals surface area contributed by atoms with Crippen molar-refractivity contribution in [2.24, 2.45) is 5.92 Å². The minimum Gasteiger partial charge on any atom is -0.396 e. The molecule has 0 radical (unpaired) electrons. The number of aliphatic hydroxyl groups excluding tert-OH is 1. The number of halogens is 1. The summed E-state index contributed by atoms with van der Waals surface area (Å²) in [5, 5.41) is 19.9. The maximum absolute atomic E-state index is 13.6. The molecule has 9 heteroatoms. The number of hydrogen-bond donors (Lipinski definition) is 1. The fraction of sp³-hybridized carbons (Fsp3) is 0.500. The van der Waals surface area contributed by atoms with Gasteiger partial charge in [0, 0.05) is 25.8 Å². The molecule has 0 saturated carbocycles. The van der Waals surface area contributed by atoms with E-state index in [1.165, 1.54) is 6.92 Å². The Kier molecular flexibility index (Phi) is 4.26. The van der Waals surface area contributed by atoms with Gasteiger partial charge in [0.2, 0.25) is 15.8 Å². The average molecular weight is 318 g/mol. The normalized spacial score (nSPS) is 19.9. The SMILES string of the molecule is Cc1cc(S(=O)(=O)N2CCC(CO)C2)cc([N+](=O)[O-])c1F. The number of aryl methyl sites for hydroxylation is 1. The molecule has 0 spiro atoms. The lowest BCUT2D eigenvalue weighted by molar-refractivity contribution is -0.387. The number of sulfonamides is 1. The van der Waals surface area contributed by atoms with Crippen LogP contribution in [0.15, 0.2) is 17.0 Å². The van der Waals surface area contributed by atoms with Crippen LogP contribution in [0.25, 0.3) is 0 Å². The lowest BCUT2D eigenvalue weighted by Crippen LogP contribution is -2.29. The molecule has 1 unspecified atom stereocenters. The Hall–Kier alpha value is -1.58. The van der Waals surface area contributed by atoms with Gasteiger partial charge in [0.15, 0.2) is 0 Å². The fourth-order valence-corrected chi connectivity index (χ4v) is 3.95. The molecule has 7 nitrogen and oxygen atoms in total. The standard InChI is InChI=1S/C12H15FN2O5S/c1-8-4-10(5-11(12(8)13)15(17)18)21(19,20)14-3-2-9(6-14)7-16/h4-5,9,16H,2-3,6-7H2,1H3. The lowest BCUT2D eigenvalue weighted by Gasteiger charge is -2.16. The summed E-state index contributed by atoms with van der Waals surface area (Å²) in [6, 6.07) is 1.83. The topological polar surface area (TPSA) is 101 Å². The molecule has 1 fully saturated rings. The van der Waals surface area contributed by atoms with Crippen LogP contribution in [-0.4, -0.2) is 42.4 Å². The lowest BCUT2D eigenvalue weighted by atomic mass is 10.1. The van der Waals surface area contributed by atoms with Gasteiger partial charge in [-0.15, -0.1) is 0 Å². The number of benzene rings is 1. The van der Waals surface area contributed by atoms with E-state index >= 15 is 0 Å². The molecule has 1 aromatic rings. The second-order valence-electron chi connectivity index (χ2n) is 5.03. The Morgan fingerprint density at radius 1 is 1.52 bits per heavy atom. The minimum atomic E-state index is -3.93. The van der Waals surface area contributed by atoms with Gasteiger partial charge in [0.05, 0.1) is 9.82 Å². The highest BCUT2D eigenvalue weighted by atomic mass is 32.2. The first-order chi connectivity index (χ1) is 9.77. The molecule has 1 aliphatic heterocycles. The van der Waals surface area contributed by atoms with Crippen LogP contribution in [0.3, 0.4) is 0 Å². The van der Waals surface area contributed by atoms with Crippen LogP contribution in [0.2, 0.25) is 0 Å². The van der Waals surface area contributed by atoms with Crippen molar-refractivity contribution in [3.8, 4) is 0 Å². The van der Waals surface area contributed by atoms with Gasteiger partial charge in [-0.25, -0.2) is 8.42 Å². The van der Waals surface area contributed by atoms with Crippen molar-refractivity contribution in [3.05, 3.63) is 33.6 Å². The van der Waals surface area contributed by atoms with Crippen LogP contribution in [0.5, 0.6) is 0 Å². The quantitative estimate of drug-likeness (QED) is 0.660. The van der Waals surface area contributed by atoms with E-state index in [1.807, 2.05) is 0 Å². The third-order valence-corrected chi connectivity index (χ3v) is 5.39. The molecule has 2 rings (SSSR count). The van der Waals surface area contributed by atoms with E-state index in [-0.39, 0.29) is 36.1 Å². The molecule has 1 heterocycles. The molecule has 0 aromatic heterocycles. The molecule has 0 bridgehead atoms. The molecule has 0 aliphatic carbocycles. The van der Waals surface area contributed by atoms with E-state index in [0.717, 1.165) is 16.4 Å². The highest BCUT2D eigenvalue weighted by Crippen LogP contribution is 2.29. The Labute approximate surface area is 121 Å². The first-order valence-corrected chi connectivity index (χ1v) is 7.77. The van der Waals surface area contributed by atoms with E-state index in [9.17, 15) is 22.9 Å². The van der Waals surface area contributed by atoms with Gasteiger partial charge >= 0.3 is 5.69 Å². The summed E-state index contributed by atoms with van der Waals surface area (Å²) in [7, 11) is -3.93. The highest BCUT2D eigenvalue weighted by Gasteiger charge is 2.34. The van der Waals surface area contributed by atoms with Crippen LogP contribution in [0.4, 0.5) is 10.1 Å². The molecule has 1 aromatic carbocycles. The molecular formula is C12H15FN2O5S. The van der Waals surface area contributed by atoms with E-state index in [2.05, 4.69) is 0 Å². The van der Waals surface area contributed by atoms with Crippen molar-refractivity contribution >= 4 is 15.7 Å². The van der Waals surface area contributed by atoms with Gasteiger partial charge in [-0.2, -0.15) is 8.70 Å². The molecular weight excluding hydrogens is 303 g/mol. The number of nitro groups is 1. The minimum absolute atomic E-state index is 0.0966. The van der Waals surface area contributed by atoms with Gasteiger partial charge in [0.1, 0.15) is 0 Å². The number of nitrogens with zero attached hydrogens (tertiary/aromatic N) is 2. The van der Waals surface area contributed by atoms with Crippen LogP contribution < -0.4 is 0 Å². The summed E-state index contributed by atoms with van der Waals surface area (Å²) in [5.74, 6) is -1.18. The third kappa shape index (κ3) is 2.89. The van der Waals surface area contributed by atoms with Gasteiger partial charge < -0.3 is 5.11 Å². The second-order valence-corrected chi connectivity index (χ2v) is 6.97. The highest BCUT2D eigenvalue weighted by molar-refractivity contribution is 7.89. The molecule has 1 aliphatic rings. The zero-order valence-electron chi connectivity index (χ0n) is 11.3. The Morgan fingerprint density at radius 3 is 2.71 bits per heavy atom. The zero-order valence-corrected chi connectivity index (χ0v) is 12.1. The van der Waals surface area contributed by atoms with E-state index in [0.29, 0.717) is 6.42 Å².